The minimum absolute atomic E-state index is 0.296. The molecule has 1 aromatic rings. The second-order valence-corrected chi connectivity index (χ2v) is 5.16. The van der Waals surface area contributed by atoms with E-state index in [-0.39, 0.29) is 0 Å². The molecule has 1 heterocycles. The highest BCUT2D eigenvalue weighted by molar-refractivity contribution is 7.80. The lowest BCUT2D eigenvalue weighted by molar-refractivity contribution is 0.390. The molecule has 0 aliphatic heterocycles. The number of hydrogen-bond donors (Lipinski definition) is 2. The van der Waals surface area contributed by atoms with Gasteiger partial charge in [-0.3, -0.25) is 0 Å². The molecule has 1 unspecified atom stereocenters. The van der Waals surface area contributed by atoms with Crippen molar-refractivity contribution < 1.29 is 0 Å². The van der Waals surface area contributed by atoms with E-state index in [0.29, 0.717) is 22.7 Å². The highest BCUT2D eigenvalue weighted by Crippen LogP contribution is 2.07. The van der Waals surface area contributed by atoms with Gasteiger partial charge in [0.25, 0.3) is 0 Å². The number of aromatic nitrogens is 2. The lowest BCUT2D eigenvalue weighted by Gasteiger charge is -2.17. The van der Waals surface area contributed by atoms with Crippen molar-refractivity contribution in [2.75, 3.05) is 26.0 Å². The summed E-state index contributed by atoms with van der Waals surface area (Å²) in [5, 5.41) is 3.27. The minimum atomic E-state index is 0.296. The van der Waals surface area contributed by atoms with E-state index in [4.69, 9.17) is 18.0 Å². The van der Waals surface area contributed by atoms with Gasteiger partial charge < -0.3 is 16.0 Å². The van der Waals surface area contributed by atoms with E-state index in [1.54, 1.807) is 6.07 Å². The Hall–Kier alpha value is -1.27. The standard InChI is InChI=1S/C12H21N5S/c1-8(5-6-17(3)4)14-12-15-9(2)7-10(16-12)11(13)18/h7-8H,5-6H2,1-4H3,(H2,13,18)(H,14,15,16). The van der Waals surface area contributed by atoms with Gasteiger partial charge in [0.15, 0.2) is 0 Å². The van der Waals surface area contributed by atoms with Gasteiger partial charge in [-0.1, -0.05) is 12.2 Å². The molecule has 0 spiro atoms. The van der Waals surface area contributed by atoms with Gasteiger partial charge in [0.2, 0.25) is 5.95 Å². The van der Waals surface area contributed by atoms with Crippen molar-refractivity contribution in [3.05, 3.63) is 17.5 Å². The van der Waals surface area contributed by atoms with Crippen molar-refractivity contribution in [2.24, 2.45) is 5.73 Å². The fraction of sp³-hybridized carbons (Fsp3) is 0.583. The van der Waals surface area contributed by atoms with Crippen LogP contribution in [0.3, 0.4) is 0 Å². The molecule has 1 atom stereocenters. The average molecular weight is 267 g/mol. The summed E-state index contributed by atoms with van der Waals surface area (Å²) in [5.41, 5.74) is 7.05. The van der Waals surface area contributed by atoms with E-state index < -0.39 is 0 Å². The number of nitrogens with zero attached hydrogens (tertiary/aromatic N) is 3. The molecule has 0 aliphatic carbocycles. The second-order valence-electron chi connectivity index (χ2n) is 4.72. The highest BCUT2D eigenvalue weighted by Gasteiger charge is 2.08. The van der Waals surface area contributed by atoms with Crippen LogP contribution >= 0.6 is 12.2 Å². The third kappa shape index (κ3) is 4.93. The summed E-state index contributed by atoms with van der Waals surface area (Å²) in [5.74, 6) is 0.587. The molecule has 1 rings (SSSR count). The zero-order valence-electron chi connectivity index (χ0n) is 11.4. The van der Waals surface area contributed by atoms with Gasteiger partial charge in [0.1, 0.15) is 10.7 Å². The topological polar surface area (TPSA) is 67.1 Å². The van der Waals surface area contributed by atoms with Gasteiger partial charge in [-0.2, -0.15) is 0 Å². The van der Waals surface area contributed by atoms with Crippen LogP contribution in [0.25, 0.3) is 0 Å². The number of anilines is 1. The van der Waals surface area contributed by atoms with Crippen LogP contribution in [-0.2, 0) is 0 Å². The monoisotopic (exact) mass is 267 g/mol. The van der Waals surface area contributed by atoms with E-state index in [1.807, 2.05) is 6.92 Å². The Labute approximate surface area is 114 Å². The number of rotatable bonds is 6. The molecule has 3 N–H and O–H groups in total. The Morgan fingerprint density at radius 3 is 2.72 bits per heavy atom. The Morgan fingerprint density at radius 2 is 2.17 bits per heavy atom. The van der Waals surface area contributed by atoms with Crippen LogP contribution in [-0.4, -0.2) is 46.5 Å². The average Bonchev–Trinajstić information content (AvgIpc) is 2.25. The molecule has 1 aromatic heterocycles. The maximum absolute atomic E-state index is 5.59. The maximum atomic E-state index is 5.59. The van der Waals surface area contributed by atoms with Crippen molar-refractivity contribution in [1.29, 1.82) is 0 Å². The van der Waals surface area contributed by atoms with Gasteiger partial charge in [0.05, 0.1) is 0 Å². The molecule has 0 bridgehead atoms. The molecule has 0 amide bonds. The Bertz CT molecular complexity index is 419. The zero-order valence-corrected chi connectivity index (χ0v) is 12.2. The third-order valence-electron chi connectivity index (χ3n) is 2.49. The SMILES string of the molecule is Cc1cc(C(N)=S)nc(NC(C)CCN(C)C)n1. The number of aryl methyl sites for hydroxylation is 1. The van der Waals surface area contributed by atoms with E-state index in [9.17, 15) is 0 Å². The summed E-state index contributed by atoms with van der Waals surface area (Å²) < 4.78 is 0. The van der Waals surface area contributed by atoms with Crippen LogP contribution in [0, 0.1) is 6.92 Å². The predicted molar refractivity (Wildman–Crippen MR) is 78.9 cm³/mol. The first-order valence-electron chi connectivity index (χ1n) is 5.95. The van der Waals surface area contributed by atoms with Crippen molar-refractivity contribution in [2.45, 2.75) is 26.3 Å². The summed E-state index contributed by atoms with van der Waals surface area (Å²) in [6.07, 6.45) is 1.02. The van der Waals surface area contributed by atoms with Gasteiger partial charge in [-0.05, 0) is 47.0 Å². The van der Waals surface area contributed by atoms with Gasteiger partial charge >= 0.3 is 0 Å². The molecular weight excluding hydrogens is 246 g/mol. The molecule has 0 fully saturated rings. The quantitative estimate of drug-likeness (QED) is 0.754. The summed E-state index contributed by atoms with van der Waals surface area (Å²) in [6, 6.07) is 2.09. The van der Waals surface area contributed by atoms with Crippen molar-refractivity contribution in [1.82, 2.24) is 14.9 Å². The Kier molecular flexibility index (Phi) is 5.43. The summed E-state index contributed by atoms with van der Waals surface area (Å²) in [6.45, 7) is 5.02. The fourth-order valence-electron chi connectivity index (χ4n) is 1.50. The van der Waals surface area contributed by atoms with Crippen molar-refractivity contribution in [3.63, 3.8) is 0 Å². The summed E-state index contributed by atoms with van der Waals surface area (Å²) >= 11 is 4.93. The van der Waals surface area contributed by atoms with Crippen LogP contribution < -0.4 is 11.1 Å². The maximum Gasteiger partial charge on any atom is 0.223 e. The van der Waals surface area contributed by atoms with Crippen LogP contribution in [0.2, 0.25) is 0 Å². The number of nitrogens with one attached hydrogen (secondary N) is 1. The summed E-state index contributed by atoms with van der Waals surface area (Å²) in [4.78, 5) is 11.1. The third-order valence-corrected chi connectivity index (χ3v) is 2.70. The number of thiocarbonyl (C=S) groups is 1. The van der Waals surface area contributed by atoms with Crippen molar-refractivity contribution in [3.8, 4) is 0 Å². The molecule has 100 valence electrons. The first kappa shape index (κ1) is 14.8. The number of hydrogen-bond acceptors (Lipinski definition) is 5. The Morgan fingerprint density at radius 1 is 1.50 bits per heavy atom. The fourth-order valence-corrected chi connectivity index (χ4v) is 1.61. The molecule has 0 aliphatic rings. The van der Waals surface area contributed by atoms with Gasteiger partial charge in [-0.25, -0.2) is 9.97 Å². The summed E-state index contributed by atoms with van der Waals surface area (Å²) in [7, 11) is 4.11. The molecule has 0 aromatic carbocycles. The molecule has 0 saturated carbocycles. The van der Waals surface area contributed by atoms with E-state index in [2.05, 4.69) is 41.2 Å². The molecule has 0 radical (unpaired) electrons. The highest BCUT2D eigenvalue weighted by atomic mass is 32.1. The smallest absolute Gasteiger partial charge is 0.223 e. The first-order valence-corrected chi connectivity index (χ1v) is 6.36. The van der Waals surface area contributed by atoms with E-state index in [0.717, 1.165) is 18.7 Å². The molecule has 5 nitrogen and oxygen atoms in total. The molecule has 6 heteroatoms. The zero-order chi connectivity index (χ0) is 13.7. The first-order chi connectivity index (χ1) is 8.38. The van der Waals surface area contributed by atoms with E-state index in [1.165, 1.54) is 0 Å². The second kappa shape index (κ2) is 6.61. The normalized spacial score (nSPS) is 12.5. The lowest BCUT2D eigenvalue weighted by Crippen LogP contribution is -2.24. The molecule has 0 saturated heterocycles. The van der Waals surface area contributed by atoms with Crippen LogP contribution in [0.1, 0.15) is 24.7 Å². The molecule has 18 heavy (non-hydrogen) atoms. The molecular formula is C12H21N5S. The van der Waals surface area contributed by atoms with Crippen LogP contribution in [0.5, 0.6) is 0 Å². The number of nitrogens with two attached hydrogens (primary N) is 1. The van der Waals surface area contributed by atoms with Crippen molar-refractivity contribution >= 4 is 23.2 Å². The Balaban J connectivity index is 2.69. The lowest BCUT2D eigenvalue weighted by atomic mass is 10.2. The van der Waals surface area contributed by atoms with Gasteiger partial charge in [-0.15, -0.1) is 0 Å². The largest absolute Gasteiger partial charge is 0.388 e. The van der Waals surface area contributed by atoms with E-state index >= 15 is 0 Å². The van der Waals surface area contributed by atoms with Gasteiger partial charge in [0, 0.05) is 11.7 Å². The van der Waals surface area contributed by atoms with Crippen LogP contribution in [0.4, 0.5) is 5.95 Å². The minimum Gasteiger partial charge on any atom is -0.388 e. The van der Waals surface area contributed by atoms with Crippen LogP contribution in [0.15, 0.2) is 6.07 Å². The predicted octanol–water partition coefficient (Wildman–Crippen LogP) is 1.17.